The Morgan fingerprint density at radius 1 is 1.39 bits per heavy atom. The van der Waals surface area contributed by atoms with Gasteiger partial charge in [-0.25, -0.2) is 4.39 Å². The molecule has 18 heavy (non-hydrogen) atoms. The lowest BCUT2D eigenvalue weighted by Gasteiger charge is -2.26. The third-order valence-corrected chi connectivity index (χ3v) is 3.82. The van der Waals surface area contributed by atoms with Crippen LogP contribution < -0.4 is 10.6 Å². The molecule has 0 radical (unpaired) electrons. The molecule has 0 bridgehead atoms. The zero-order valence-electron chi connectivity index (χ0n) is 11.8. The van der Waals surface area contributed by atoms with Crippen LogP contribution in [0.5, 0.6) is 0 Å². The molecule has 1 heterocycles. The van der Waals surface area contributed by atoms with Crippen molar-refractivity contribution in [1.82, 2.24) is 0 Å². The van der Waals surface area contributed by atoms with E-state index in [0.717, 1.165) is 24.3 Å². The van der Waals surface area contributed by atoms with Gasteiger partial charge in [-0.1, -0.05) is 13.8 Å². The molecule has 100 valence electrons. The molecule has 2 rings (SSSR count). The number of rotatable bonds is 2. The number of aryl methyl sites for hydroxylation is 1. The normalized spacial score (nSPS) is 20.2. The van der Waals surface area contributed by atoms with Gasteiger partial charge in [0, 0.05) is 24.8 Å². The summed E-state index contributed by atoms with van der Waals surface area (Å²) < 4.78 is 13.7. The zero-order chi connectivity index (χ0) is 13.5. The number of anilines is 1. The SMILES string of the molecule is Cc1cc(N2CCC(C)(C)C2)c([C@H](C)N)cc1F. The third kappa shape index (κ3) is 2.51. The lowest BCUT2D eigenvalue weighted by molar-refractivity contribution is 0.418. The Morgan fingerprint density at radius 2 is 2.06 bits per heavy atom. The van der Waals surface area contributed by atoms with Gasteiger partial charge in [-0.15, -0.1) is 0 Å². The average molecular weight is 250 g/mol. The lowest BCUT2D eigenvalue weighted by atomic mass is 9.93. The molecule has 1 fully saturated rings. The smallest absolute Gasteiger partial charge is 0.126 e. The Balaban J connectivity index is 2.41. The summed E-state index contributed by atoms with van der Waals surface area (Å²) in [4.78, 5) is 2.34. The number of hydrogen-bond acceptors (Lipinski definition) is 2. The molecule has 3 heteroatoms. The van der Waals surface area contributed by atoms with E-state index in [1.54, 1.807) is 6.07 Å². The first-order valence-electron chi connectivity index (χ1n) is 6.61. The van der Waals surface area contributed by atoms with E-state index in [9.17, 15) is 4.39 Å². The van der Waals surface area contributed by atoms with Crippen molar-refractivity contribution in [3.05, 3.63) is 29.1 Å². The monoisotopic (exact) mass is 250 g/mol. The number of benzene rings is 1. The van der Waals surface area contributed by atoms with Crippen molar-refractivity contribution in [2.45, 2.75) is 40.2 Å². The Morgan fingerprint density at radius 3 is 2.56 bits per heavy atom. The fourth-order valence-corrected chi connectivity index (χ4v) is 2.64. The highest BCUT2D eigenvalue weighted by atomic mass is 19.1. The largest absolute Gasteiger partial charge is 0.371 e. The summed E-state index contributed by atoms with van der Waals surface area (Å²) in [5, 5.41) is 0. The molecule has 0 unspecified atom stereocenters. The van der Waals surface area contributed by atoms with Crippen LogP contribution in [-0.4, -0.2) is 13.1 Å². The highest BCUT2D eigenvalue weighted by molar-refractivity contribution is 5.58. The summed E-state index contributed by atoms with van der Waals surface area (Å²) in [5.41, 5.74) is 9.02. The fourth-order valence-electron chi connectivity index (χ4n) is 2.64. The molecule has 1 aliphatic rings. The summed E-state index contributed by atoms with van der Waals surface area (Å²) in [6, 6.07) is 3.40. The van der Waals surface area contributed by atoms with Gasteiger partial charge in [0.15, 0.2) is 0 Å². The van der Waals surface area contributed by atoms with Gasteiger partial charge in [0.1, 0.15) is 5.82 Å². The molecule has 1 atom stereocenters. The first-order chi connectivity index (χ1) is 8.30. The van der Waals surface area contributed by atoms with Crippen LogP contribution >= 0.6 is 0 Å². The van der Waals surface area contributed by atoms with Gasteiger partial charge in [0.25, 0.3) is 0 Å². The fraction of sp³-hybridized carbons (Fsp3) is 0.600. The highest BCUT2D eigenvalue weighted by Crippen LogP contribution is 2.36. The second-order valence-corrected chi connectivity index (χ2v) is 6.28. The van der Waals surface area contributed by atoms with Crippen LogP contribution in [-0.2, 0) is 0 Å². The van der Waals surface area contributed by atoms with Crippen LogP contribution in [0.1, 0.15) is 44.4 Å². The molecule has 2 N–H and O–H groups in total. The summed E-state index contributed by atoms with van der Waals surface area (Å²) in [5.74, 6) is -0.162. The van der Waals surface area contributed by atoms with E-state index in [0.29, 0.717) is 11.0 Å². The van der Waals surface area contributed by atoms with E-state index in [4.69, 9.17) is 5.73 Å². The number of nitrogens with zero attached hydrogens (tertiary/aromatic N) is 1. The molecule has 1 aromatic rings. The molecule has 0 spiro atoms. The zero-order valence-corrected chi connectivity index (χ0v) is 11.8. The van der Waals surface area contributed by atoms with Crippen molar-refractivity contribution in [3.63, 3.8) is 0 Å². The number of nitrogens with two attached hydrogens (primary N) is 1. The van der Waals surface area contributed by atoms with Crippen molar-refractivity contribution in [2.24, 2.45) is 11.1 Å². The standard InChI is InChI=1S/C15H23FN2/c1-10-7-14(12(11(2)17)8-13(10)16)18-6-5-15(3,4)9-18/h7-8,11H,5-6,9,17H2,1-4H3/t11-/m0/s1. The van der Waals surface area contributed by atoms with E-state index in [1.807, 2.05) is 19.9 Å². The predicted octanol–water partition coefficient (Wildman–Crippen LogP) is 3.39. The molecular weight excluding hydrogens is 227 g/mol. The van der Waals surface area contributed by atoms with E-state index in [-0.39, 0.29) is 11.9 Å². The maximum absolute atomic E-state index is 13.7. The Labute approximate surface area is 109 Å². The van der Waals surface area contributed by atoms with Crippen LogP contribution in [0.3, 0.4) is 0 Å². The molecule has 1 aromatic carbocycles. The number of halogens is 1. The minimum absolute atomic E-state index is 0.140. The van der Waals surface area contributed by atoms with Gasteiger partial charge < -0.3 is 10.6 Å². The van der Waals surface area contributed by atoms with Crippen molar-refractivity contribution in [2.75, 3.05) is 18.0 Å². The highest BCUT2D eigenvalue weighted by Gasteiger charge is 2.30. The average Bonchev–Trinajstić information content (AvgIpc) is 2.62. The Hall–Kier alpha value is -1.09. The summed E-state index contributed by atoms with van der Waals surface area (Å²) in [6.45, 7) is 10.3. The maximum atomic E-state index is 13.7. The van der Waals surface area contributed by atoms with E-state index < -0.39 is 0 Å². The van der Waals surface area contributed by atoms with Crippen LogP contribution in [0, 0.1) is 18.2 Å². The first-order valence-corrected chi connectivity index (χ1v) is 6.61. The molecule has 0 saturated carbocycles. The van der Waals surface area contributed by atoms with Crippen molar-refractivity contribution in [1.29, 1.82) is 0 Å². The summed E-state index contributed by atoms with van der Waals surface area (Å²) >= 11 is 0. The van der Waals surface area contributed by atoms with Crippen molar-refractivity contribution >= 4 is 5.69 Å². The minimum atomic E-state index is -0.162. The second kappa shape index (κ2) is 4.54. The molecular formula is C15H23FN2. The van der Waals surface area contributed by atoms with E-state index in [1.165, 1.54) is 6.42 Å². The van der Waals surface area contributed by atoms with Gasteiger partial charge in [0.2, 0.25) is 0 Å². The first kappa shape index (κ1) is 13.3. The summed E-state index contributed by atoms with van der Waals surface area (Å²) in [6.07, 6.45) is 1.17. The van der Waals surface area contributed by atoms with E-state index in [2.05, 4.69) is 18.7 Å². The van der Waals surface area contributed by atoms with Crippen molar-refractivity contribution < 1.29 is 4.39 Å². The van der Waals surface area contributed by atoms with Crippen LogP contribution in [0.2, 0.25) is 0 Å². The van der Waals surface area contributed by atoms with Gasteiger partial charge in [0.05, 0.1) is 0 Å². The quantitative estimate of drug-likeness (QED) is 0.871. The maximum Gasteiger partial charge on any atom is 0.126 e. The van der Waals surface area contributed by atoms with Gasteiger partial charge in [-0.2, -0.15) is 0 Å². The molecule has 1 saturated heterocycles. The molecule has 0 amide bonds. The van der Waals surface area contributed by atoms with Crippen molar-refractivity contribution in [3.8, 4) is 0 Å². The van der Waals surface area contributed by atoms with E-state index >= 15 is 0 Å². The van der Waals surface area contributed by atoms with Crippen LogP contribution in [0.4, 0.5) is 10.1 Å². The molecule has 2 nitrogen and oxygen atoms in total. The Kier molecular flexibility index (Phi) is 3.37. The van der Waals surface area contributed by atoms with Gasteiger partial charge >= 0.3 is 0 Å². The second-order valence-electron chi connectivity index (χ2n) is 6.28. The minimum Gasteiger partial charge on any atom is -0.371 e. The van der Waals surface area contributed by atoms with Gasteiger partial charge in [-0.3, -0.25) is 0 Å². The van der Waals surface area contributed by atoms with Gasteiger partial charge in [-0.05, 0) is 48.9 Å². The predicted molar refractivity (Wildman–Crippen MR) is 74.4 cm³/mol. The summed E-state index contributed by atoms with van der Waals surface area (Å²) in [7, 11) is 0. The van der Waals surface area contributed by atoms with Crippen LogP contribution in [0.25, 0.3) is 0 Å². The lowest BCUT2D eigenvalue weighted by Crippen LogP contribution is -2.25. The molecule has 0 aliphatic carbocycles. The molecule has 0 aromatic heterocycles. The molecule has 1 aliphatic heterocycles. The Bertz CT molecular complexity index is 452. The van der Waals surface area contributed by atoms with Crippen LogP contribution in [0.15, 0.2) is 12.1 Å². The number of hydrogen-bond donors (Lipinski definition) is 1. The topological polar surface area (TPSA) is 29.3 Å². The third-order valence-electron chi connectivity index (χ3n) is 3.82.